The summed E-state index contributed by atoms with van der Waals surface area (Å²) in [5.41, 5.74) is 2.15. The van der Waals surface area contributed by atoms with E-state index in [2.05, 4.69) is 42.4 Å². The van der Waals surface area contributed by atoms with E-state index in [1.807, 2.05) is 78.9 Å². The van der Waals surface area contributed by atoms with Crippen LogP contribution in [0, 0.1) is 0 Å². The van der Waals surface area contributed by atoms with E-state index in [4.69, 9.17) is 12.5 Å². The quantitative estimate of drug-likeness (QED) is 0.231. The molecule has 0 spiro atoms. The van der Waals surface area contributed by atoms with Crippen molar-refractivity contribution in [3.05, 3.63) is 108 Å². The first-order valence-electron chi connectivity index (χ1n) is 11.8. The van der Waals surface area contributed by atoms with Crippen molar-refractivity contribution >= 4 is 52.5 Å². The number of nitrogens with one attached hydrogen (secondary N) is 2. The number of carbonyl (C=O) groups is 1. The van der Waals surface area contributed by atoms with E-state index in [-0.39, 0.29) is 8.96 Å². The molecule has 8 heteroatoms. The molecule has 0 saturated carbocycles. The molecule has 4 aromatic rings. The highest BCUT2D eigenvalue weighted by atomic mass is 31.1. The highest BCUT2D eigenvalue weighted by molar-refractivity contribution is 7.32. The summed E-state index contributed by atoms with van der Waals surface area (Å²) in [5, 5.41) is 6.53. The van der Waals surface area contributed by atoms with Gasteiger partial charge in [-0.05, 0) is 43.7 Å². The van der Waals surface area contributed by atoms with Crippen LogP contribution in [0.4, 0.5) is 4.79 Å². The van der Waals surface area contributed by atoms with Gasteiger partial charge in [-0.3, -0.25) is 0 Å². The van der Waals surface area contributed by atoms with Crippen LogP contribution in [-0.4, -0.2) is 27.2 Å². The maximum absolute atomic E-state index is 12.6. The standard InChI is InChI=1S/C28H30BN2O3PSi/c1-28(2,36(33,23-13-5-3-6-14-23)24-15-7-4-8-16-24)19-21-11-9-18-26-22(12-10-17-25(21)26)20-30-27(32)34-35-31-29/h3-18,31,33,35H,19-20H2,1-2H3,(H,30,32). The zero-order chi connectivity index (χ0) is 25.6. The molecule has 4 aromatic carbocycles. The van der Waals surface area contributed by atoms with E-state index in [1.54, 1.807) is 0 Å². The molecule has 0 heterocycles. The SMILES string of the molecule is [B]NPOC(=O)NCc1cccc2c(CC(C)(C)[Si](O)(c3ccccc3)c3ccccc3)cccc12. The summed E-state index contributed by atoms with van der Waals surface area (Å²) in [5.74, 6) is 0. The monoisotopic (exact) mass is 512 g/mol. The molecule has 3 N–H and O–H groups in total. The van der Waals surface area contributed by atoms with Gasteiger partial charge >= 0.3 is 6.09 Å². The van der Waals surface area contributed by atoms with Crippen molar-refractivity contribution in [1.29, 1.82) is 0 Å². The second-order valence-electron chi connectivity index (χ2n) is 9.42. The molecule has 0 aliphatic rings. The van der Waals surface area contributed by atoms with Crippen LogP contribution in [0.3, 0.4) is 0 Å². The maximum atomic E-state index is 12.6. The molecular weight excluding hydrogens is 482 g/mol. The summed E-state index contributed by atoms with van der Waals surface area (Å²) in [6, 6.07) is 32.5. The second-order valence-corrected chi connectivity index (χ2v) is 14.0. The molecule has 0 bridgehead atoms. The molecule has 1 amide bonds. The number of rotatable bonds is 9. The summed E-state index contributed by atoms with van der Waals surface area (Å²) in [6.07, 6.45) is 0.168. The largest absolute Gasteiger partial charge is 0.424 e. The molecule has 182 valence electrons. The van der Waals surface area contributed by atoms with E-state index in [0.717, 1.165) is 32.3 Å². The predicted octanol–water partition coefficient (Wildman–Crippen LogP) is 4.32. The first-order chi connectivity index (χ1) is 17.4. The predicted molar refractivity (Wildman–Crippen MR) is 152 cm³/mol. The lowest BCUT2D eigenvalue weighted by Crippen LogP contribution is -2.65. The van der Waals surface area contributed by atoms with E-state index < -0.39 is 19.4 Å². The Morgan fingerprint density at radius 1 is 0.861 bits per heavy atom. The zero-order valence-electron chi connectivity index (χ0n) is 20.5. The Morgan fingerprint density at radius 2 is 1.39 bits per heavy atom. The Morgan fingerprint density at radius 3 is 1.94 bits per heavy atom. The molecule has 0 aliphatic carbocycles. The topological polar surface area (TPSA) is 70.6 Å². The van der Waals surface area contributed by atoms with Gasteiger partial charge in [-0.2, -0.15) is 0 Å². The van der Waals surface area contributed by atoms with Crippen molar-refractivity contribution in [2.24, 2.45) is 0 Å². The van der Waals surface area contributed by atoms with Gasteiger partial charge in [-0.1, -0.05) is 111 Å². The highest BCUT2D eigenvalue weighted by Gasteiger charge is 2.49. The van der Waals surface area contributed by atoms with Gasteiger partial charge in [-0.15, -0.1) is 0 Å². The van der Waals surface area contributed by atoms with Crippen LogP contribution in [0.1, 0.15) is 25.0 Å². The Balaban J connectivity index is 1.70. The van der Waals surface area contributed by atoms with Gasteiger partial charge in [-0.25, -0.2) is 4.79 Å². The number of benzene rings is 4. The molecule has 4 rings (SSSR count). The number of fused-ring (bicyclic) bond motifs is 1. The van der Waals surface area contributed by atoms with Crippen molar-refractivity contribution in [1.82, 2.24) is 10.3 Å². The van der Waals surface area contributed by atoms with Crippen LogP contribution in [0.5, 0.6) is 0 Å². The molecule has 0 aromatic heterocycles. The lowest BCUT2D eigenvalue weighted by atomic mass is 9.94. The summed E-state index contributed by atoms with van der Waals surface area (Å²) >= 11 is 0. The van der Waals surface area contributed by atoms with Crippen molar-refractivity contribution in [2.75, 3.05) is 0 Å². The molecule has 1 atom stereocenters. The third kappa shape index (κ3) is 5.40. The fraction of sp³-hybridized carbons (Fsp3) is 0.179. The van der Waals surface area contributed by atoms with Crippen molar-refractivity contribution in [2.45, 2.75) is 31.9 Å². The van der Waals surface area contributed by atoms with Crippen molar-refractivity contribution < 1.29 is 14.1 Å². The van der Waals surface area contributed by atoms with Crippen LogP contribution in [0.2, 0.25) is 5.04 Å². The minimum atomic E-state index is -3.14. The van der Waals surface area contributed by atoms with Gasteiger partial charge in [0.15, 0.2) is 7.98 Å². The maximum Gasteiger partial charge on any atom is 0.411 e. The Kier molecular flexibility index (Phi) is 8.27. The number of hydrogen-bond acceptors (Lipinski definition) is 4. The summed E-state index contributed by atoms with van der Waals surface area (Å²) in [6.45, 7) is 4.68. The highest BCUT2D eigenvalue weighted by Crippen LogP contribution is 2.40. The molecule has 2 radical (unpaired) electrons. The number of hydrogen-bond donors (Lipinski definition) is 3. The third-order valence-corrected chi connectivity index (χ3v) is 11.6. The summed E-state index contributed by atoms with van der Waals surface area (Å²) < 4.78 is 4.95. The minimum Gasteiger partial charge on any atom is -0.424 e. The van der Waals surface area contributed by atoms with E-state index in [9.17, 15) is 9.59 Å². The van der Waals surface area contributed by atoms with Gasteiger partial charge in [0.25, 0.3) is 8.32 Å². The first kappa shape index (κ1) is 26.1. The Hall–Kier alpha value is -2.96. The second kappa shape index (κ2) is 11.4. The first-order valence-corrected chi connectivity index (χ1v) is 14.7. The Bertz CT molecular complexity index is 1280. The summed E-state index contributed by atoms with van der Waals surface area (Å²) in [7, 11) is 1.73. The van der Waals surface area contributed by atoms with E-state index in [1.165, 1.54) is 0 Å². The lowest BCUT2D eigenvalue weighted by Gasteiger charge is -2.41. The van der Waals surface area contributed by atoms with Crippen molar-refractivity contribution in [3.8, 4) is 0 Å². The van der Waals surface area contributed by atoms with E-state index in [0.29, 0.717) is 13.0 Å². The van der Waals surface area contributed by atoms with E-state index >= 15 is 0 Å². The fourth-order valence-corrected chi connectivity index (χ4v) is 8.85. The van der Waals surface area contributed by atoms with Gasteiger partial charge in [0.2, 0.25) is 0 Å². The van der Waals surface area contributed by atoms with Crippen molar-refractivity contribution in [3.63, 3.8) is 0 Å². The molecule has 0 aliphatic heterocycles. The average molecular weight is 512 g/mol. The van der Waals surface area contributed by atoms with Gasteiger partial charge in [0, 0.05) is 6.54 Å². The smallest absolute Gasteiger partial charge is 0.411 e. The fourth-order valence-electron chi connectivity index (χ4n) is 4.94. The molecule has 5 nitrogen and oxygen atoms in total. The van der Waals surface area contributed by atoms with Crippen LogP contribution in [0.15, 0.2) is 97.1 Å². The lowest BCUT2D eigenvalue weighted by molar-refractivity contribution is 0.206. The Labute approximate surface area is 216 Å². The molecular formula is C28H30BN2O3PSi. The van der Waals surface area contributed by atoms with Crippen LogP contribution in [-0.2, 0) is 17.5 Å². The minimum absolute atomic E-state index is 0.298. The van der Waals surface area contributed by atoms with Crippen LogP contribution in [0.25, 0.3) is 10.8 Å². The molecule has 0 fully saturated rings. The average Bonchev–Trinajstić information content (AvgIpc) is 2.91. The number of carbonyl (C=O) groups excluding carboxylic acids is 1. The third-order valence-electron chi connectivity index (χ3n) is 6.72. The van der Waals surface area contributed by atoms with Gasteiger partial charge < -0.3 is 19.6 Å². The number of amides is 1. The molecule has 0 saturated heterocycles. The van der Waals surface area contributed by atoms with Crippen LogP contribution >= 0.6 is 8.96 Å². The zero-order valence-corrected chi connectivity index (χ0v) is 22.5. The summed E-state index contributed by atoms with van der Waals surface area (Å²) in [4.78, 5) is 26.8. The van der Waals surface area contributed by atoms with Gasteiger partial charge in [0.05, 0.1) is 0 Å². The van der Waals surface area contributed by atoms with Crippen LogP contribution < -0.4 is 20.7 Å². The molecule has 36 heavy (non-hydrogen) atoms. The molecule has 1 unspecified atom stereocenters. The normalized spacial score (nSPS) is 12.2. The van der Waals surface area contributed by atoms with Gasteiger partial charge in [0.1, 0.15) is 8.96 Å².